The maximum atomic E-state index is 11.9. The number of hydrogen-bond acceptors (Lipinski definition) is 4. The van der Waals surface area contributed by atoms with Crippen LogP contribution >= 0.6 is 0 Å². The second-order valence-corrected chi connectivity index (χ2v) is 5.75. The predicted molar refractivity (Wildman–Crippen MR) is 76.6 cm³/mol. The van der Waals surface area contributed by atoms with Gasteiger partial charge in [-0.05, 0) is 20.8 Å². The first-order valence-electron chi connectivity index (χ1n) is 6.63. The molecule has 21 heavy (non-hydrogen) atoms. The number of aliphatic hydroxyl groups is 1. The highest BCUT2D eigenvalue weighted by molar-refractivity contribution is 5.70. The van der Waals surface area contributed by atoms with Crippen molar-refractivity contribution in [1.29, 1.82) is 0 Å². The van der Waals surface area contributed by atoms with Gasteiger partial charge in [0.1, 0.15) is 5.60 Å². The number of carbonyl (C=O) groups is 2. The van der Waals surface area contributed by atoms with Gasteiger partial charge in [0.15, 0.2) is 5.72 Å². The van der Waals surface area contributed by atoms with Crippen molar-refractivity contribution in [2.45, 2.75) is 44.9 Å². The van der Waals surface area contributed by atoms with Crippen LogP contribution in [0, 0.1) is 0 Å². The van der Waals surface area contributed by atoms with E-state index in [1.807, 2.05) is 0 Å². The van der Waals surface area contributed by atoms with Crippen molar-refractivity contribution < 1.29 is 24.5 Å². The predicted octanol–water partition coefficient (Wildman–Crippen LogP) is 2.22. The van der Waals surface area contributed by atoms with Gasteiger partial charge in [-0.3, -0.25) is 10.1 Å². The molecular formula is C15H21NO5. The summed E-state index contributed by atoms with van der Waals surface area (Å²) in [5.74, 6) is -1.06. The van der Waals surface area contributed by atoms with Gasteiger partial charge in [-0.2, -0.15) is 0 Å². The molecule has 1 rings (SSSR count). The van der Waals surface area contributed by atoms with Crippen molar-refractivity contribution in [3.63, 3.8) is 0 Å². The highest BCUT2D eigenvalue weighted by atomic mass is 16.6. The first-order chi connectivity index (χ1) is 9.62. The van der Waals surface area contributed by atoms with Gasteiger partial charge in [-0.15, -0.1) is 0 Å². The largest absolute Gasteiger partial charge is 0.481 e. The molecule has 0 spiro atoms. The molecule has 6 heteroatoms. The summed E-state index contributed by atoms with van der Waals surface area (Å²) in [6.07, 6.45) is -1.26. The molecule has 0 aliphatic heterocycles. The zero-order chi connectivity index (χ0) is 16.1. The highest BCUT2D eigenvalue weighted by Gasteiger charge is 2.33. The smallest absolute Gasteiger partial charge is 0.410 e. The lowest BCUT2D eigenvalue weighted by Crippen LogP contribution is -2.48. The highest BCUT2D eigenvalue weighted by Crippen LogP contribution is 2.24. The number of alkyl carbamates (subject to hydrolysis) is 1. The van der Waals surface area contributed by atoms with E-state index in [2.05, 4.69) is 5.32 Å². The van der Waals surface area contributed by atoms with Gasteiger partial charge in [0.2, 0.25) is 0 Å². The fourth-order valence-electron chi connectivity index (χ4n) is 1.75. The Balaban J connectivity index is 2.92. The van der Waals surface area contributed by atoms with Crippen molar-refractivity contribution in [2.75, 3.05) is 0 Å². The molecule has 0 heterocycles. The molecule has 0 radical (unpaired) electrons. The number of rotatable bonds is 5. The fraction of sp³-hybridized carbons (Fsp3) is 0.467. The number of hydrogen-bond donors (Lipinski definition) is 3. The van der Waals surface area contributed by atoms with Gasteiger partial charge in [-0.25, -0.2) is 4.79 Å². The van der Waals surface area contributed by atoms with Crippen LogP contribution in [0.5, 0.6) is 0 Å². The Hall–Kier alpha value is -2.08. The van der Waals surface area contributed by atoms with Crippen LogP contribution in [0.4, 0.5) is 4.79 Å². The van der Waals surface area contributed by atoms with E-state index in [4.69, 9.17) is 9.84 Å². The van der Waals surface area contributed by atoms with Crippen LogP contribution in [0.2, 0.25) is 0 Å². The molecule has 0 bridgehead atoms. The van der Waals surface area contributed by atoms with Crippen molar-refractivity contribution in [1.82, 2.24) is 5.32 Å². The SMILES string of the molecule is CC(C)(C)OC(=O)NC(O)(CCC(=O)O)c1ccccc1. The number of benzene rings is 1. The molecule has 0 aromatic heterocycles. The van der Waals surface area contributed by atoms with E-state index in [0.29, 0.717) is 5.56 Å². The van der Waals surface area contributed by atoms with Crippen LogP contribution in [-0.2, 0) is 15.3 Å². The summed E-state index contributed by atoms with van der Waals surface area (Å²) >= 11 is 0. The summed E-state index contributed by atoms with van der Waals surface area (Å²) < 4.78 is 5.10. The average Bonchev–Trinajstić information content (AvgIpc) is 2.35. The van der Waals surface area contributed by atoms with Crippen LogP contribution in [0.3, 0.4) is 0 Å². The molecule has 1 aromatic carbocycles. The van der Waals surface area contributed by atoms with E-state index in [1.54, 1.807) is 51.1 Å². The summed E-state index contributed by atoms with van der Waals surface area (Å²) in [4.78, 5) is 22.6. The van der Waals surface area contributed by atoms with E-state index < -0.39 is 23.4 Å². The fourth-order valence-corrected chi connectivity index (χ4v) is 1.75. The maximum absolute atomic E-state index is 11.9. The first-order valence-corrected chi connectivity index (χ1v) is 6.63. The number of ether oxygens (including phenoxy) is 1. The summed E-state index contributed by atoms with van der Waals surface area (Å²) in [5, 5.41) is 21.8. The quantitative estimate of drug-likeness (QED) is 0.724. The second-order valence-electron chi connectivity index (χ2n) is 5.75. The molecule has 1 amide bonds. The second kappa shape index (κ2) is 6.58. The van der Waals surface area contributed by atoms with Crippen molar-refractivity contribution in [3.8, 4) is 0 Å². The van der Waals surface area contributed by atoms with E-state index in [-0.39, 0.29) is 12.8 Å². The molecule has 1 atom stereocenters. The van der Waals surface area contributed by atoms with Crippen LogP contribution in [0.1, 0.15) is 39.2 Å². The van der Waals surface area contributed by atoms with Gasteiger partial charge in [0.25, 0.3) is 0 Å². The minimum absolute atomic E-state index is 0.161. The average molecular weight is 295 g/mol. The van der Waals surface area contributed by atoms with Crippen molar-refractivity contribution in [2.24, 2.45) is 0 Å². The number of carboxylic acid groups (broad SMARTS) is 1. The van der Waals surface area contributed by atoms with E-state index in [1.165, 1.54) is 0 Å². The van der Waals surface area contributed by atoms with E-state index >= 15 is 0 Å². The van der Waals surface area contributed by atoms with Crippen molar-refractivity contribution in [3.05, 3.63) is 35.9 Å². The van der Waals surface area contributed by atoms with Gasteiger partial charge in [0.05, 0.1) is 6.42 Å². The minimum atomic E-state index is -1.79. The molecular weight excluding hydrogens is 274 g/mol. The topological polar surface area (TPSA) is 95.9 Å². The Morgan fingerprint density at radius 2 is 1.76 bits per heavy atom. The molecule has 1 aromatic rings. The Morgan fingerprint density at radius 3 is 2.24 bits per heavy atom. The molecule has 6 nitrogen and oxygen atoms in total. The third kappa shape index (κ3) is 5.83. The number of aliphatic carboxylic acids is 1. The number of nitrogens with one attached hydrogen (secondary N) is 1. The third-order valence-electron chi connectivity index (χ3n) is 2.66. The van der Waals surface area contributed by atoms with Gasteiger partial charge < -0.3 is 14.9 Å². The number of amides is 1. The van der Waals surface area contributed by atoms with Gasteiger partial charge >= 0.3 is 12.1 Å². The number of carbonyl (C=O) groups excluding carboxylic acids is 1. The lowest BCUT2D eigenvalue weighted by molar-refractivity contribution is -0.139. The first kappa shape index (κ1) is 17.0. The molecule has 0 saturated heterocycles. The molecule has 0 saturated carbocycles. The third-order valence-corrected chi connectivity index (χ3v) is 2.66. The Kier molecular flexibility index (Phi) is 5.32. The standard InChI is InChI=1S/C15H21NO5/c1-14(2,3)21-13(19)16-15(20,10-9-12(17)18)11-7-5-4-6-8-11/h4-8,20H,9-10H2,1-3H3,(H,16,19)(H,17,18). The monoisotopic (exact) mass is 295 g/mol. The summed E-state index contributed by atoms with van der Waals surface area (Å²) in [5.41, 5.74) is -2.10. The minimum Gasteiger partial charge on any atom is -0.481 e. The zero-order valence-electron chi connectivity index (χ0n) is 12.4. The molecule has 1 unspecified atom stereocenters. The van der Waals surface area contributed by atoms with Crippen LogP contribution in [0.25, 0.3) is 0 Å². The van der Waals surface area contributed by atoms with Gasteiger partial charge in [-0.1, -0.05) is 30.3 Å². The van der Waals surface area contributed by atoms with Crippen molar-refractivity contribution >= 4 is 12.1 Å². The Morgan fingerprint density at radius 1 is 1.19 bits per heavy atom. The lowest BCUT2D eigenvalue weighted by atomic mass is 9.97. The van der Waals surface area contributed by atoms with E-state index in [0.717, 1.165) is 0 Å². The Labute approximate surface area is 123 Å². The number of carboxylic acids is 1. The van der Waals surface area contributed by atoms with Gasteiger partial charge in [0, 0.05) is 12.0 Å². The summed E-state index contributed by atoms with van der Waals surface area (Å²) in [6.45, 7) is 5.10. The molecule has 0 aliphatic carbocycles. The molecule has 3 N–H and O–H groups in total. The Bertz CT molecular complexity index is 495. The normalized spacial score (nSPS) is 14.1. The van der Waals surface area contributed by atoms with Crippen LogP contribution < -0.4 is 5.32 Å². The maximum Gasteiger partial charge on any atom is 0.410 e. The lowest BCUT2D eigenvalue weighted by Gasteiger charge is -2.30. The van der Waals surface area contributed by atoms with Crippen LogP contribution in [-0.4, -0.2) is 27.9 Å². The van der Waals surface area contributed by atoms with E-state index in [9.17, 15) is 14.7 Å². The molecule has 0 fully saturated rings. The molecule has 116 valence electrons. The van der Waals surface area contributed by atoms with Crippen LogP contribution in [0.15, 0.2) is 30.3 Å². The summed E-state index contributed by atoms with van der Waals surface area (Å²) in [6, 6.07) is 8.36. The molecule has 0 aliphatic rings. The zero-order valence-corrected chi connectivity index (χ0v) is 12.4. The summed E-state index contributed by atoms with van der Waals surface area (Å²) in [7, 11) is 0.